The van der Waals surface area contributed by atoms with E-state index in [0.717, 1.165) is 37.6 Å². The molecule has 0 aliphatic carbocycles. The summed E-state index contributed by atoms with van der Waals surface area (Å²) in [6, 6.07) is 16.3. The predicted molar refractivity (Wildman–Crippen MR) is 130 cm³/mol. The van der Waals surface area contributed by atoms with E-state index >= 15 is 0 Å². The molecule has 1 unspecified atom stereocenters. The third kappa shape index (κ3) is 6.62. The van der Waals surface area contributed by atoms with Gasteiger partial charge in [0.2, 0.25) is 5.91 Å². The molecule has 3 rings (SSSR count). The van der Waals surface area contributed by atoms with E-state index in [0.29, 0.717) is 18.2 Å². The maximum absolute atomic E-state index is 11.2. The minimum atomic E-state index is -0.413. The lowest BCUT2D eigenvalue weighted by Gasteiger charge is -2.20. The highest BCUT2D eigenvalue weighted by atomic mass is 127. The van der Waals surface area contributed by atoms with Crippen molar-refractivity contribution in [1.29, 1.82) is 0 Å². The average Bonchev–Trinajstić information content (AvgIpc) is 3.15. The Morgan fingerprint density at radius 1 is 1.17 bits per heavy atom. The van der Waals surface area contributed by atoms with E-state index in [1.807, 2.05) is 12.1 Å². The van der Waals surface area contributed by atoms with Crippen molar-refractivity contribution in [3.8, 4) is 0 Å². The first kappa shape index (κ1) is 23.0. The molecule has 29 heavy (non-hydrogen) atoms. The van der Waals surface area contributed by atoms with Gasteiger partial charge in [-0.1, -0.05) is 29.8 Å². The number of nitrogens with two attached hydrogens (primary N) is 1. The van der Waals surface area contributed by atoms with Crippen LogP contribution in [0.3, 0.4) is 0 Å². The van der Waals surface area contributed by atoms with Gasteiger partial charge in [0, 0.05) is 36.9 Å². The molecular formula is C22H30IN5O. The summed E-state index contributed by atoms with van der Waals surface area (Å²) in [7, 11) is 0. The first-order chi connectivity index (χ1) is 13.5. The van der Waals surface area contributed by atoms with E-state index in [9.17, 15) is 4.79 Å². The van der Waals surface area contributed by atoms with Gasteiger partial charge in [0.25, 0.3) is 0 Å². The predicted octanol–water partition coefficient (Wildman–Crippen LogP) is 3.05. The zero-order chi connectivity index (χ0) is 19.9. The Hall–Kier alpha value is -2.29. The molecule has 6 nitrogen and oxygen atoms in total. The molecule has 156 valence electrons. The maximum Gasteiger partial charge on any atom is 0.248 e. The molecule has 0 saturated carbocycles. The fourth-order valence-electron chi connectivity index (χ4n) is 3.33. The standard InChI is InChI=1S/C22H29N5O.HI/c1-3-24-22(25-14-17-6-8-18(9-7-17)21(23)28)26-19-12-13-27(15-19)20-10-4-16(2)5-11-20;/h4-11,19H,3,12-15H2,1-2H3,(H2,23,28)(H2,24,25,26);1H. The Bertz CT molecular complexity index is 820. The molecule has 1 amide bonds. The number of amides is 1. The minimum Gasteiger partial charge on any atom is -0.369 e. The second kappa shape index (κ2) is 11.0. The molecule has 0 spiro atoms. The number of nitrogens with zero attached hydrogens (tertiary/aromatic N) is 2. The van der Waals surface area contributed by atoms with E-state index in [1.54, 1.807) is 12.1 Å². The van der Waals surface area contributed by atoms with Gasteiger partial charge in [0.05, 0.1) is 6.54 Å². The van der Waals surface area contributed by atoms with Gasteiger partial charge in [-0.15, -0.1) is 24.0 Å². The lowest BCUT2D eigenvalue weighted by atomic mass is 10.1. The van der Waals surface area contributed by atoms with E-state index < -0.39 is 5.91 Å². The molecule has 1 heterocycles. The van der Waals surface area contributed by atoms with Crippen LogP contribution in [0.25, 0.3) is 0 Å². The minimum absolute atomic E-state index is 0. The summed E-state index contributed by atoms with van der Waals surface area (Å²) in [5.74, 6) is 0.404. The monoisotopic (exact) mass is 507 g/mol. The number of hydrogen-bond acceptors (Lipinski definition) is 3. The summed E-state index contributed by atoms with van der Waals surface area (Å²) in [6.45, 7) is 7.52. The third-order valence-corrected chi connectivity index (χ3v) is 4.93. The number of anilines is 1. The maximum atomic E-state index is 11.2. The molecule has 0 radical (unpaired) electrons. The van der Waals surface area contributed by atoms with Gasteiger partial charge < -0.3 is 21.3 Å². The lowest BCUT2D eigenvalue weighted by molar-refractivity contribution is 0.100. The van der Waals surface area contributed by atoms with Gasteiger partial charge in [0.1, 0.15) is 0 Å². The first-order valence-electron chi connectivity index (χ1n) is 9.80. The van der Waals surface area contributed by atoms with Crippen LogP contribution in [0, 0.1) is 6.92 Å². The molecular weight excluding hydrogens is 477 g/mol. The van der Waals surface area contributed by atoms with Crippen LogP contribution < -0.4 is 21.3 Å². The number of aliphatic imine (C=N–C) groups is 1. The zero-order valence-corrected chi connectivity index (χ0v) is 19.4. The van der Waals surface area contributed by atoms with Crippen molar-refractivity contribution in [3.63, 3.8) is 0 Å². The molecule has 7 heteroatoms. The molecule has 0 aromatic heterocycles. The molecule has 1 atom stereocenters. The Labute approximate surface area is 190 Å². The summed E-state index contributed by atoms with van der Waals surface area (Å²) in [5, 5.41) is 6.87. The van der Waals surface area contributed by atoms with Gasteiger partial charge >= 0.3 is 0 Å². The van der Waals surface area contributed by atoms with Crippen molar-refractivity contribution >= 4 is 41.5 Å². The van der Waals surface area contributed by atoms with E-state index in [2.05, 4.69) is 53.6 Å². The van der Waals surface area contributed by atoms with E-state index in [1.165, 1.54) is 11.3 Å². The molecule has 2 aromatic rings. The van der Waals surface area contributed by atoms with Crippen LogP contribution in [0.2, 0.25) is 0 Å². The molecule has 0 bridgehead atoms. The average molecular weight is 507 g/mol. The highest BCUT2D eigenvalue weighted by Gasteiger charge is 2.23. The fourth-order valence-corrected chi connectivity index (χ4v) is 3.33. The van der Waals surface area contributed by atoms with Crippen molar-refractivity contribution < 1.29 is 4.79 Å². The summed E-state index contributed by atoms with van der Waals surface area (Å²) < 4.78 is 0. The highest BCUT2D eigenvalue weighted by Crippen LogP contribution is 2.20. The second-order valence-electron chi connectivity index (χ2n) is 7.17. The number of primary amides is 1. The van der Waals surface area contributed by atoms with Crippen LogP contribution in [0.15, 0.2) is 53.5 Å². The van der Waals surface area contributed by atoms with Crippen molar-refractivity contribution in [2.24, 2.45) is 10.7 Å². The van der Waals surface area contributed by atoms with Gasteiger partial charge in [0.15, 0.2) is 5.96 Å². The number of halogens is 1. The topological polar surface area (TPSA) is 82.7 Å². The Morgan fingerprint density at radius 2 is 1.86 bits per heavy atom. The van der Waals surface area contributed by atoms with Gasteiger partial charge in [-0.25, -0.2) is 4.99 Å². The van der Waals surface area contributed by atoms with Gasteiger partial charge in [-0.05, 0) is 50.1 Å². The summed E-state index contributed by atoms with van der Waals surface area (Å²) >= 11 is 0. The SMILES string of the molecule is CCNC(=NCc1ccc(C(N)=O)cc1)NC1CCN(c2ccc(C)cc2)C1.I. The van der Waals surface area contributed by atoms with Crippen molar-refractivity contribution in [2.75, 3.05) is 24.5 Å². The fraction of sp³-hybridized carbons (Fsp3) is 0.364. The summed E-state index contributed by atoms with van der Waals surface area (Å²) in [4.78, 5) is 18.3. The van der Waals surface area contributed by atoms with Gasteiger partial charge in [-0.3, -0.25) is 4.79 Å². The first-order valence-corrected chi connectivity index (χ1v) is 9.80. The molecule has 2 aromatic carbocycles. The lowest BCUT2D eigenvalue weighted by Crippen LogP contribution is -2.44. The number of hydrogen-bond donors (Lipinski definition) is 3. The Balaban J connectivity index is 0.00000300. The largest absolute Gasteiger partial charge is 0.369 e. The highest BCUT2D eigenvalue weighted by molar-refractivity contribution is 14.0. The van der Waals surface area contributed by atoms with Crippen LogP contribution in [-0.2, 0) is 6.54 Å². The van der Waals surface area contributed by atoms with Crippen LogP contribution in [0.1, 0.15) is 34.8 Å². The Morgan fingerprint density at radius 3 is 2.48 bits per heavy atom. The number of aryl methyl sites for hydroxylation is 1. The number of benzene rings is 2. The van der Waals surface area contributed by atoms with Crippen molar-refractivity contribution in [3.05, 3.63) is 65.2 Å². The van der Waals surface area contributed by atoms with Gasteiger partial charge in [-0.2, -0.15) is 0 Å². The second-order valence-corrected chi connectivity index (χ2v) is 7.17. The normalized spacial score (nSPS) is 16.3. The summed E-state index contributed by atoms with van der Waals surface area (Å²) in [6.07, 6.45) is 1.07. The number of carbonyl (C=O) groups excluding carboxylic acids is 1. The van der Waals surface area contributed by atoms with Crippen LogP contribution in [-0.4, -0.2) is 37.5 Å². The quantitative estimate of drug-likeness (QED) is 0.319. The molecule has 1 aliphatic heterocycles. The smallest absolute Gasteiger partial charge is 0.248 e. The molecule has 1 saturated heterocycles. The molecule has 1 aliphatic rings. The Kier molecular flexibility index (Phi) is 8.75. The van der Waals surface area contributed by atoms with Crippen molar-refractivity contribution in [2.45, 2.75) is 32.9 Å². The van der Waals surface area contributed by atoms with Crippen LogP contribution >= 0.6 is 24.0 Å². The third-order valence-electron chi connectivity index (χ3n) is 4.93. The number of nitrogens with one attached hydrogen (secondary N) is 2. The summed E-state index contributed by atoms with van der Waals surface area (Å²) in [5.41, 5.74) is 9.39. The van der Waals surface area contributed by atoms with Crippen molar-refractivity contribution in [1.82, 2.24) is 10.6 Å². The molecule has 4 N–H and O–H groups in total. The van der Waals surface area contributed by atoms with Crippen LogP contribution in [0.4, 0.5) is 5.69 Å². The van der Waals surface area contributed by atoms with E-state index in [4.69, 9.17) is 10.7 Å². The van der Waals surface area contributed by atoms with Crippen LogP contribution in [0.5, 0.6) is 0 Å². The number of rotatable bonds is 6. The van der Waals surface area contributed by atoms with E-state index in [-0.39, 0.29) is 24.0 Å². The number of guanidine groups is 1. The number of carbonyl (C=O) groups is 1. The zero-order valence-electron chi connectivity index (χ0n) is 17.0. The molecule has 1 fully saturated rings.